The van der Waals surface area contributed by atoms with Gasteiger partial charge in [0.2, 0.25) is 0 Å². The number of carbonyl (C=O) groups is 1. The monoisotopic (exact) mass is 448 g/mol. The largest absolute Gasteiger partial charge is 0.444 e. The van der Waals surface area contributed by atoms with E-state index in [0.717, 1.165) is 21.8 Å². The quantitative estimate of drug-likeness (QED) is 0.493. The number of rotatable bonds is 1. The zero-order valence-electron chi connectivity index (χ0n) is 17.4. The number of fused-ring (bicyclic) bond motifs is 3. The van der Waals surface area contributed by atoms with Gasteiger partial charge in [-0.25, -0.2) is 4.79 Å². The van der Waals surface area contributed by atoms with Crippen LogP contribution in [0.2, 0.25) is 10.0 Å². The van der Waals surface area contributed by atoms with E-state index < -0.39 is 11.7 Å². The van der Waals surface area contributed by atoms with Crippen molar-refractivity contribution in [2.75, 3.05) is 13.1 Å². The molecule has 1 amide bonds. The average molecular weight is 449 g/mol. The lowest BCUT2D eigenvalue weighted by Gasteiger charge is -2.30. The summed E-state index contributed by atoms with van der Waals surface area (Å²) in [4.78, 5) is 14.5. The SMILES string of the molecule is CC(C)(C)OC(=O)N1CCC[C@@H](O)C(n2c3ccc(Cl)cc3c3cc(Cl)ccc32)C1. The summed E-state index contributed by atoms with van der Waals surface area (Å²) < 4.78 is 7.72. The Kier molecular flexibility index (Phi) is 5.64. The first kappa shape index (κ1) is 21.3. The number of aliphatic hydroxyl groups excluding tert-OH is 1. The van der Waals surface area contributed by atoms with E-state index in [-0.39, 0.29) is 12.1 Å². The van der Waals surface area contributed by atoms with E-state index in [2.05, 4.69) is 4.57 Å². The second-order valence-corrected chi connectivity index (χ2v) is 9.77. The molecular weight excluding hydrogens is 423 g/mol. The second-order valence-electron chi connectivity index (χ2n) is 8.90. The van der Waals surface area contributed by atoms with Crippen molar-refractivity contribution in [3.8, 4) is 0 Å². The minimum atomic E-state index is -0.595. The Hall–Kier alpha value is -1.95. The van der Waals surface area contributed by atoms with Crippen molar-refractivity contribution in [2.45, 2.75) is 51.4 Å². The fourth-order valence-corrected chi connectivity index (χ4v) is 4.57. The Morgan fingerprint density at radius 3 is 2.17 bits per heavy atom. The van der Waals surface area contributed by atoms with Crippen LogP contribution in [0.5, 0.6) is 0 Å². The van der Waals surface area contributed by atoms with Crippen LogP contribution in [0.25, 0.3) is 21.8 Å². The molecule has 2 atom stereocenters. The predicted octanol–water partition coefficient (Wildman–Crippen LogP) is 6.03. The molecule has 1 aromatic heterocycles. The van der Waals surface area contributed by atoms with Gasteiger partial charge >= 0.3 is 6.09 Å². The van der Waals surface area contributed by atoms with Gasteiger partial charge in [-0.05, 0) is 70.0 Å². The van der Waals surface area contributed by atoms with Crippen molar-refractivity contribution in [3.05, 3.63) is 46.4 Å². The van der Waals surface area contributed by atoms with Crippen LogP contribution >= 0.6 is 23.2 Å². The molecule has 30 heavy (non-hydrogen) atoms. The summed E-state index contributed by atoms with van der Waals surface area (Å²) in [5.74, 6) is 0. The van der Waals surface area contributed by atoms with Crippen molar-refractivity contribution in [1.82, 2.24) is 9.47 Å². The lowest BCUT2D eigenvalue weighted by molar-refractivity contribution is 0.0213. The van der Waals surface area contributed by atoms with Crippen LogP contribution in [0, 0.1) is 0 Å². The number of carbonyl (C=O) groups excluding carboxylic acids is 1. The van der Waals surface area contributed by atoms with Crippen molar-refractivity contribution in [2.24, 2.45) is 0 Å². The van der Waals surface area contributed by atoms with E-state index in [1.54, 1.807) is 4.90 Å². The van der Waals surface area contributed by atoms with Gasteiger partial charge in [0, 0.05) is 44.9 Å². The molecule has 2 aromatic carbocycles. The Morgan fingerprint density at radius 2 is 1.63 bits per heavy atom. The number of hydrogen-bond acceptors (Lipinski definition) is 3. The van der Waals surface area contributed by atoms with Crippen LogP contribution in [-0.2, 0) is 4.74 Å². The van der Waals surface area contributed by atoms with Crippen LogP contribution in [-0.4, -0.2) is 45.5 Å². The number of amides is 1. The predicted molar refractivity (Wildman–Crippen MR) is 122 cm³/mol. The minimum Gasteiger partial charge on any atom is -0.444 e. The van der Waals surface area contributed by atoms with E-state index in [1.807, 2.05) is 57.2 Å². The van der Waals surface area contributed by atoms with Gasteiger partial charge in [-0.3, -0.25) is 0 Å². The number of aromatic nitrogens is 1. The van der Waals surface area contributed by atoms with Gasteiger partial charge in [0.05, 0.1) is 12.1 Å². The first-order chi connectivity index (χ1) is 14.1. The van der Waals surface area contributed by atoms with Crippen LogP contribution < -0.4 is 0 Å². The third-order valence-corrected chi connectivity index (χ3v) is 5.96. The first-order valence-electron chi connectivity index (χ1n) is 10.2. The summed E-state index contributed by atoms with van der Waals surface area (Å²) in [5.41, 5.74) is 1.33. The fourth-order valence-electron chi connectivity index (χ4n) is 4.22. The number of halogens is 2. The molecule has 1 saturated heterocycles. The van der Waals surface area contributed by atoms with Crippen LogP contribution in [0.1, 0.15) is 39.7 Å². The third-order valence-electron chi connectivity index (χ3n) is 5.49. The molecule has 1 unspecified atom stereocenters. The summed E-state index contributed by atoms with van der Waals surface area (Å²) in [6.07, 6.45) is 0.369. The van der Waals surface area contributed by atoms with Crippen LogP contribution in [0.3, 0.4) is 0 Å². The zero-order chi connectivity index (χ0) is 21.6. The van der Waals surface area contributed by atoms with Gasteiger partial charge in [-0.1, -0.05) is 23.2 Å². The lowest BCUT2D eigenvalue weighted by atomic mass is 10.1. The zero-order valence-corrected chi connectivity index (χ0v) is 18.9. The normalized spacial score (nSPS) is 20.5. The molecule has 0 saturated carbocycles. The highest BCUT2D eigenvalue weighted by atomic mass is 35.5. The summed E-state index contributed by atoms with van der Waals surface area (Å²) in [6.45, 7) is 6.48. The first-order valence-corrected chi connectivity index (χ1v) is 10.9. The van der Waals surface area contributed by atoms with E-state index in [4.69, 9.17) is 27.9 Å². The van der Waals surface area contributed by atoms with Gasteiger partial charge in [-0.15, -0.1) is 0 Å². The Balaban J connectivity index is 1.83. The maximum absolute atomic E-state index is 12.8. The highest BCUT2D eigenvalue weighted by Crippen LogP contribution is 2.37. The van der Waals surface area contributed by atoms with Gasteiger partial charge in [0.1, 0.15) is 5.60 Å². The highest BCUT2D eigenvalue weighted by Gasteiger charge is 2.33. The molecule has 1 aliphatic rings. The topological polar surface area (TPSA) is 54.7 Å². The van der Waals surface area contributed by atoms with Crippen molar-refractivity contribution < 1.29 is 14.6 Å². The molecule has 0 radical (unpaired) electrons. The molecule has 2 heterocycles. The molecule has 3 aromatic rings. The van der Waals surface area contributed by atoms with E-state index in [0.29, 0.717) is 36.0 Å². The van der Waals surface area contributed by atoms with Gasteiger partial charge < -0.3 is 19.3 Å². The summed E-state index contributed by atoms with van der Waals surface area (Å²) >= 11 is 12.5. The molecule has 0 spiro atoms. The van der Waals surface area contributed by atoms with Gasteiger partial charge in [0.15, 0.2) is 0 Å². The lowest BCUT2D eigenvalue weighted by Crippen LogP contribution is -2.41. The number of likely N-dealkylation sites (tertiary alicyclic amines) is 1. The maximum atomic E-state index is 12.8. The Labute approximate surface area is 186 Å². The molecule has 0 bridgehead atoms. The van der Waals surface area contributed by atoms with Crippen molar-refractivity contribution >= 4 is 51.1 Å². The van der Waals surface area contributed by atoms with Crippen molar-refractivity contribution in [1.29, 1.82) is 0 Å². The Morgan fingerprint density at radius 1 is 1.07 bits per heavy atom. The second kappa shape index (κ2) is 7.95. The summed E-state index contributed by atoms with van der Waals surface area (Å²) in [7, 11) is 0. The number of aliphatic hydroxyl groups is 1. The molecule has 0 aliphatic carbocycles. The highest BCUT2D eigenvalue weighted by molar-refractivity contribution is 6.33. The molecule has 160 valence electrons. The van der Waals surface area contributed by atoms with E-state index in [9.17, 15) is 9.90 Å². The molecule has 4 rings (SSSR count). The molecule has 7 heteroatoms. The third kappa shape index (κ3) is 4.11. The number of benzene rings is 2. The molecule has 1 aliphatic heterocycles. The van der Waals surface area contributed by atoms with Gasteiger partial charge in [0.25, 0.3) is 0 Å². The van der Waals surface area contributed by atoms with Crippen molar-refractivity contribution in [3.63, 3.8) is 0 Å². The number of hydrogen-bond donors (Lipinski definition) is 1. The summed E-state index contributed by atoms with van der Waals surface area (Å²) in [6, 6.07) is 11.1. The Bertz CT molecular complexity index is 1040. The number of ether oxygens (including phenoxy) is 1. The van der Waals surface area contributed by atoms with Crippen LogP contribution in [0.4, 0.5) is 4.79 Å². The average Bonchev–Trinajstić information content (AvgIpc) is 2.81. The standard InChI is InChI=1S/C23H26Cl2N2O3/c1-23(2,3)30-22(29)26-10-4-5-21(28)20(13-26)27-18-8-6-14(24)11-16(18)17-12-15(25)7-9-19(17)27/h6-9,11-12,20-21,28H,4-5,10,13H2,1-3H3/t20?,21-/m1/s1. The number of nitrogens with zero attached hydrogens (tertiary/aromatic N) is 2. The minimum absolute atomic E-state index is 0.317. The van der Waals surface area contributed by atoms with Gasteiger partial charge in [-0.2, -0.15) is 0 Å². The van der Waals surface area contributed by atoms with Crippen LogP contribution in [0.15, 0.2) is 36.4 Å². The molecular formula is C23H26Cl2N2O3. The van der Waals surface area contributed by atoms with E-state index in [1.165, 1.54) is 0 Å². The summed E-state index contributed by atoms with van der Waals surface area (Å²) in [5, 5.41) is 14.2. The molecule has 5 nitrogen and oxygen atoms in total. The molecule has 1 fully saturated rings. The fraction of sp³-hybridized carbons (Fsp3) is 0.435. The molecule has 1 N–H and O–H groups in total. The smallest absolute Gasteiger partial charge is 0.410 e. The maximum Gasteiger partial charge on any atom is 0.410 e. The van der Waals surface area contributed by atoms with E-state index >= 15 is 0 Å².